The number of aromatic nitrogens is 1. The zero-order valence-corrected chi connectivity index (χ0v) is 10.7. The van der Waals surface area contributed by atoms with Crippen molar-refractivity contribution in [2.24, 2.45) is 7.05 Å². The minimum Gasteiger partial charge on any atom is -0.479 e. The van der Waals surface area contributed by atoms with Gasteiger partial charge in [-0.2, -0.15) is 0 Å². The van der Waals surface area contributed by atoms with E-state index in [2.05, 4.69) is 5.32 Å². The number of carbonyl (C=O) groups is 2. The van der Waals surface area contributed by atoms with E-state index in [-0.39, 0.29) is 31.0 Å². The first-order chi connectivity index (χ1) is 9.35. The molecule has 108 valence electrons. The monoisotopic (exact) mass is 283 g/mol. The number of rotatable bonds is 4. The maximum atomic E-state index is 12.1. The third-order valence-corrected chi connectivity index (χ3v) is 3.22. The van der Waals surface area contributed by atoms with Crippen LogP contribution in [-0.2, 0) is 16.6 Å². The van der Waals surface area contributed by atoms with Gasteiger partial charge in [0.25, 0.3) is 11.6 Å². The van der Waals surface area contributed by atoms with Crippen LogP contribution in [0, 0.1) is 10.1 Å². The standard InChI is InChI=1S/C11H13N3O6/c1-13-5-7(14(18)19)4-8(13)9(15)12-11(10(16)17)2-3-20-6-11/h4-5H,2-3,6H2,1H3,(H,12,15)(H,16,17). The van der Waals surface area contributed by atoms with Crippen LogP contribution in [0.3, 0.4) is 0 Å². The van der Waals surface area contributed by atoms with Crippen LogP contribution in [-0.4, -0.2) is 45.2 Å². The normalized spacial score (nSPS) is 21.6. The Morgan fingerprint density at radius 1 is 1.60 bits per heavy atom. The minimum atomic E-state index is -1.48. The molecular formula is C11H13N3O6. The van der Waals surface area contributed by atoms with Crippen LogP contribution in [0.1, 0.15) is 16.9 Å². The summed E-state index contributed by atoms with van der Waals surface area (Å²) in [6.07, 6.45) is 1.34. The number of hydrogen-bond donors (Lipinski definition) is 2. The summed E-state index contributed by atoms with van der Waals surface area (Å²) in [5.74, 6) is -1.87. The first-order valence-electron chi connectivity index (χ1n) is 5.80. The van der Waals surface area contributed by atoms with Gasteiger partial charge in [0.2, 0.25) is 0 Å². The summed E-state index contributed by atoms with van der Waals surface area (Å²) in [7, 11) is 1.47. The molecule has 1 saturated heterocycles. The van der Waals surface area contributed by atoms with Gasteiger partial charge in [0.05, 0.1) is 17.7 Å². The molecule has 9 nitrogen and oxygen atoms in total. The van der Waals surface area contributed by atoms with E-state index in [1.165, 1.54) is 17.8 Å². The van der Waals surface area contributed by atoms with Crippen LogP contribution in [0.15, 0.2) is 12.3 Å². The zero-order chi connectivity index (χ0) is 14.9. The zero-order valence-electron chi connectivity index (χ0n) is 10.7. The van der Waals surface area contributed by atoms with Crippen LogP contribution >= 0.6 is 0 Å². The molecule has 0 saturated carbocycles. The van der Waals surface area contributed by atoms with Gasteiger partial charge in [-0.1, -0.05) is 0 Å². The number of carboxylic acid groups (broad SMARTS) is 1. The molecule has 1 fully saturated rings. The average molecular weight is 283 g/mol. The Labute approximate surface area is 113 Å². The SMILES string of the molecule is Cn1cc([N+](=O)[O-])cc1C(=O)NC1(C(=O)O)CCOC1. The quantitative estimate of drug-likeness (QED) is 0.587. The largest absolute Gasteiger partial charge is 0.479 e. The summed E-state index contributed by atoms with van der Waals surface area (Å²) in [6, 6.07) is 1.10. The Morgan fingerprint density at radius 3 is 2.75 bits per heavy atom. The number of aryl methyl sites for hydroxylation is 1. The van der Waals surface area contributed by atoms with Gasteiger partial charge in [-0.3, -0.25) is 14.9 Å². The van der Waals surface area contributed by atoms with E-state index in [0.29, 0.717) is 0 Å². The van der Waals surface area contributed by atoms with E-state index >= 15 is 0 Å². The maximum absolute atomic E-state index is 12.1. The third kappa shape index (κ3) is 2.35. The molecular weight excluding hydrogens is 270 g/mol. The molecule has 2 heterocycles. The number of carbonyl (C=O) groups excluding carboxylic acids is 1. The molecule has 0 spiro atoms. The van der Waals surface area contributed by atoms with E-state index in [0.717, 1.165) is 6.07 Å². The maximum Gasteiger partial charge on any atom is 0.331 e. The molecule has 1 aliphatic rings. The van der Waals surface area contributed by atoms with Crippen LogP contribution in [0.5, 0.6) is 0 Å². The second-order valence-electron chi connectivity index (χ2n) is 4.60. The molecule has 20 heavy (non-hydrogen) atoms. The Bertz CT molecular complexity index is 573. The van der Waals surface area contributed by atoms with E-state index in [1.54, 1.807) is 0 Å². The molecule has 0 aromatic carbocycles. The summed E-state index contributed by atoms with van der Waals surface area (Å²) < 4.78 is 6.30. The van der Waals surface area contributed by atoms with Gasteiger partial charge in [-0.05, 0) is 0 Å². The predicted octanol–water partition coefficient (Wildman–Crippen LogP) is -0.0932. The number of nitro groups is 1. The van der Waals surface area contributed by atoms with Gasteiger partial charge in [0.1, 0.15) is 5.69 Å². The molecule has 2 rings (SSSR count). The highest BCUT2D eigenvalue weighted by Crippen LogP contribution is 2.21. The fraction of sp³-hybridized carbons (Fsp3) is 0.455. The molecule has 1 atom stereocenters. The first kappa shape index (κ1) is 14.0. The van der Waals surface area contributed by atoms with E-state index in [4.69, 9.17) is 4.74 Å². The van der Waals surface area contributed by atoms with Gasteiger partial charge < -0.3 is 19.7 Å². The number of amides is 1. The first-order valence-corrected chi connectivity index (χ1v) is 5.80. The van der Waals surface area contributed by atoms with Gasteiger partial charge >= 0.3 is 5.97 Å². The molecule has 1 aromatic rings. The minimum absolute atomic E-state index is 0.0178. The lowest BCUT2D eigenvalue weighted by atomic mass is 9.99. The summed E-state index contributed by atoms with van der Waals surface area (Å²) in [4.78, 5) is 33.4. The predicted molar refractivity (Wildman–Crippen MR) is 65.3 cm³/mol. The summed E-state index contributed by atoms with van der Waals surface area (Å²) in [5.41, 5.74) is -1.69. The average Bonchev–Trinajstić information content (AvgIpc) is 2.96. The van der Waals surface area contributed by atoms with Gasteiger partial charge in [-0.25, -0.2) is 4.79 Å². The highest BCUT2D eigenvalue weighted by atomic mass is 16.6. The molecule has 1 aliphatic heterocycles. The highest BCUT2D eigenvalue weighted by Gasteiger charge is 2.44. The van der Waals surface area contributed by atoms with E-state index in [9.17, 15) is 24.8 Å². The number of nitrogens with one attached hydrogen (secondary N) is 1. The third-order valence-electron chi connectivity index (χ3n) is 3.22. The number of carboxylic acids is 1. The van der Waals surface area contributed by atoms with Crippen LogP contribution < -0.4 is 5.32 Å². The Kier molecular flexibility index (Phi) is 3.45. The van der Waals surface area contributed by atoms with Crippen LogP contribution in [0.25, 0.3) is 0 Å². The van der Waals surface area contributed by atoms with Crippen molar-refractivity contribution in [3.63, 3.8) is 0 Å². The molecule has 1 aromatic heterocycles. The van der Waals surface area contributed by atoms with Gasteiger partial charge in [0, 0.05) is 26.1 Å². The second-order valence-corrected chi connectivity index (χ2v) is 4.60. The lowest BCUT2D eigenvalue weighted by Crippen LogP contribution is -2.55. The fourth-order valence-corrected chi connectivity index (χ4v) is 2.04. The molecule has 1 amide bonds. The van der Waals surface area contributed by atoms with E-state index in [1.807, 2.05) is 0 Å². The van der Waals surface area contributed by atoms with Crippen LogP contribution in [0.2, 0.25) is 0 Å². The second kappa shape index (κ2) is 4.93. The summed E-state index contributed by atoms with van der Waals surface area (Å²) in [6.45, 7) is 0.112. The number of hydrogen-bond acceptors (Lipinski definition) is 5. The van der Waals surface area contributed by atoms with Crippen molar-refractivity contribution in [2.75, 3.05) is 13.2 Å². The van der Waals surface area contributed by atoms with Crippen molar-refractivity contribution < 1.29 is 24.4 Å². The fourth-order valence-electron chi connectivity index (χ4n) is 2.04. The van der Waals surface area contributed by atoms with Gasteiger partial charge in [0.15, 0.2) is 5.54 Å². The summed E-state index contributed by atoms with van der Waals surface area (Å²) in [5, 5.41) is 22.3. The molecule has 9 heteroatoms. The van der Waals surface area contributed by atoms with Crippen LogP contribution in [0.4, 0.5) is 5.69 Å². The Morgan fingerprint density at radius 2 is 2.30 bits per heavy atom. The van der Waals surface area contributed by atoms with Crippen molar-refractivity contribution in [1.82, 2.24) is 9.88 Å². The smallest absolute Gasteiger partial charge is 0.331 e. The number of aliphatic carboxylic acids is 1. The van der Waals surface area contributed by atoms with Crippen molar-refractivity contribution in [1.29, 1.82) is 0 Å². The lowest BCUT2D eigenvalue weighted by Gasteiger charge is -2.23. The molecule has 0 bridgehead atoms. The Hall–Kier alpha value is -2.42. The number of ether oxygens (including phenoxy) is 1. The van der Waals surface area contributed by atoms with Gasteiger partial charge in [-0.15, -0.1) is 0 Å². The Balaban J connectivity index is 2.23. The topological polar surface area (TPSA) is 124 Å². The van der Waals surface area contributed by atoms with Crippen molar-refractivity contribution >= 4 is 17.6 Å². The van der Waals surface area contributed by atoms with Crippen molar-refractivity contribution in [3.05, 3.63) is 28.1 Å². The van der Waals surface area contributed by atoms with Crippen molar-refractivity contribution in [2.45, 2.75) is 12.0 Å². The molecule has 0 radical (unpaired) electrons. The molecule has 2 N–H and O–H groups in total. The lowest BCUT2D eigenvalue weighted by molar-refractivity contribution is -0.384. The highest BCUT2D eigenvalue weighted by molar-refractivity contribution is 5.97. The van der Waals surface area contributed by atoms with Crippen molar-refractivity contribution in [3.8, 4) is 0 Å². The number of nitrogens with zero attached hydrogens (tertiary/aromatic N) is 2. The van der Waals surface area contributed by atoms with E-state index < -0.39 is 22.3 Å². The molecule has 0 aliphatic carbocycles. The summed E-state index contributed by atoms with van der Waals surface area (Å²) >= 11 is 0. The molecule has 1 unspecified atom stereocenters.